The Morgan fingerprint density at radius 1 is 1.57 bits per heavy atom. The first-order valence-electron chi connectivity index (χ1n) is 5.05. The summed E-state index contributed by atoms with van der Waals surface area (Å²) in [5.74, 6) is 1.61. The van der Waals surface area contributed by atoms with Crippen LogP contribution in [0, 0.1) is 4.77 Å². The molecule has 2 heterocycles. The monoisotopic (exact) mass is 213 g/mol. The van der Waals surface area contributed by atoms with Gasteiger partial charge in [-0.05, 0) is 32.0 Å². The molecule has 0 amide bonds. The third kappa shape index (κ3) is 1.74. The molecular formula is C9H15N3OS. The third-order valence-electron chi connectivity index (χ3n) is 2.69. The molecule has 1 fully saturated rings. The van der Waals surface area contributed by atoms with E-state index in [1.807, 2.05) is 0 Å². The zero-order valence-electron chi connectivity index (χ0n) is 8.32. The minimum absolute atomic E-state index is 0.511. The molecule has 2 rings (SSSR count). The van der Waals surface area contributed by atoms with E-state index >= 15 is 0 Å². The van der Waals surface area contributed by atoms with E-state index in [0.717, 1.165) is 43.2 Å². The second kappa shape index (κ2) is 4.23. The third-order valence-corrected chi connectivity index (χ3v) is 3.00. The lowest BCUT2D eigenvalue weighted by Crippen LogP contribution is -2.18. The molecule has 4 nitrogen and oxygen atoms in total. The van der Waals surface area contributed by atoms with Gasteiger partial charge in [0.25, 0.3) is 0 Å². The highest BCUT2D eigenvalue weighted by Gasteiger charge is 2.20. The van der Waals surface area contributed by atoms with Gasteiger partial charge >= 0.3 is 0 Å². The van der Waals surface area contributed by atoms with Crippen LogP contribution in [0.4, 0.5) is 0 Å². The predicted molar refractivity (Wildman–Crippen MR) is 55.9 cm³/mol. The minimum atomic E-state index is 0.511. The summed E-state index contributed by atoms with van der Waals surface area (Å²) in [6.45, 7) is 4.66. The normalized spacial score (nSPS) is 18.6. The highest BCUT2D eigenvalue weighted by molar-refractivity contribution is 7.71. The van der Waals surface area contributed by atoms with Crippen molar-refractivity contribution >= 4 is 12.2 Å². The van der Waals surface area contributed by atoms with Gasteiger partial charge in [-0.15, -0.1) is 0 Å². The smallest absolute Gasteiger partial charge is 0.195 e. The van der Waals surface area contributed by atoms with Crippen molar-refractivity contribution in [3.63, 3.8) is 0 Å². The molecule has 0 atom stereocenters. The average Bonchev–Trinajstić information content (AvgIpc) is 2.61. The van der Waals surface area contributed by atoms with E-state index < -0.39 is 0 Å². The van der Waals surface area contributed by atoms with E-state index in [0.29, 0.717) is 5.92 Å². The Hall–Kier alpha value is -0.680. The van der Waals surface area contributed by atoms with Crippen molar-refractivity contribution in [3.05, 3.63) is 10.6 Å². The summed E-state index contributed by atoms with van der Waals surface area (Å²) in [4.78, 5) is 0. The zero-order valence-corrected chi connectivity index (χ0v) is 9.14. The topological polar surface area (TPSA) is 42.8 Å². The Morgan fingerprint density at radius 3 is 2.93 bits per heavy atom. The van der Waals surface area contributed by atoms with Crippen molar-refractivity contribution in [1.82, 2.24) is 14.8 Å². The number of aromatic nitrogens is 3. The maximum atomic E-state index is 5.33. The second-order valence-electron chi connectivity index (χ2n) is 3.52. The number of rotatable bonds is 2. The van der Waals surface area contributed by atoms with Gasteiger partial charge in [-0.3, -0.25) is 5.10 Å². The molecule has 1 aromatic rings. The maximum absolute atomic E-state index is 5.33. The Bertz CT molecular complexity index is 351. The van der Waals surface area contributed by atoms with E-state index in [1.54, 1.807) is 0 Å². The van der Waals surface area contributed by atoms with E-state index in [9.17, 15) is 0 Å². The molecule has 0 unspecified atom stereocenters. The molecule has 5 heteroatoms. The van der Waals surface area contributed by atoms with E-state index in [2.05, 4.69) is 21.7 Å². The van der Waals surface area contributed by atoms with Gasteiger partial charge in [0.15, 0.2) is 4.77 Å². The van der Waals surface area contributed by atoms with Crippen LogP contribution in [-0.2, 0) is 11.3 Å². The molecule has 0 radical (unpaired) electrons. The van der Waals surface area contributed by atoms with Gasteiger partial charge in [0.1, 0.15) is 5.82 Å². The van der Waals surface area contributed by atoms with Crippen molar-refractivity contribution in [2.24, 2.45) is 0 Å². The molecule has 0 bridgehead atoms. The number of ether oxygens (including phenoxy) is 1. The largest absolute Gasteiger partial charge is 0.381 e. The van der Waals surface area contributed by atoms with Crippen LogP contribution in [-0.4, -0.2) is 28.0 Å². The Kier molecular flexibility index (Phi) is 2.98. The zero-order chi connectivity index (χ0) is 9.97. The van der Waals surface area contributed by atoms with Crippen LogP contribution in [0.3, 0.4) is 0 Å². The highest BCUT2D eigenvalue weighted by atomic mass is 32.1. The summed E-state index contributed by atoms with van der Waals surface area (Å²) in [7, 11) is 0. The van der Waals surface area contributed by atoms with Gasteiger partial charge < -0.3 is 9.30 Å². The van der Waals surface area contributed by atoms with Crippen LogP contribution in [0.25, 0.3) is 0 Å². The second-order valence-corrected chi connectivity index (χ2v) is 3.90. The lowest BCUT2D eigenvalue weighted by Gasteiger charge is -2.21. The summed E-state index contributed by atoms with van der Waals surface area (Å²) in [6, 6.07) is 0. The van der Waals surface area contributed by atoms with E-state index in [1.165, 1.54) is 0 Å². The van der Waals surface area contributed by atoms with Crippen LogP contribution in [0.2, 0.25) is 0 Å². The van der Waals surface area contributed by atoms with Crippen LogP contribution < -0.4 is 0 Å². The first-order chi connectivity index (χ1) is 6.83. The SMILES string of the molecule is CCn1c(C2CCOCC2)n[nH]c1=S. The molecule has 0 aromatic carbocycles. The van der Waals surface area contributed by atoms with Gasteiger partial charge in [-0.25, -0.2) is 0 Å². The van der Waals surface area contributed by atoms with E-state index in [-0.39, 0.29) is 0 Å². The first-order valence-corrected chi connectivity index (χ1v) is 5.46. The molecule has 0 saturated carbocycles. The first kappa shape index (κ1) is 9.86. The molecule has 1 saturated heterocycles. The van der Waals surface area contributed by atoms with Crippen LogP contribution in [0.15, 0.2) is 0 Å². The van der Waals surface area contributed by atoms with Gasteiger partial charge in [-0.1, -0.05) is 0 Å². The fourth-order valence-electron chi connectivity index (χ4n) is 1.90. The number of H-pyrrole nitrogens is 1. The maximum Gasteiger partial charge on any atom is 0.195 e. The summed E-state index contributed by atoms with van der Waals surface area (Å²) >= 11 is 5.15. The minimum Gasteiger partial charge on any atom is -0.381 e. The number of hydrogen-bond acceptors (Lipinski definition) is 3. The Morgan fingerprint density at radius 2 is 2.29 bits per heavy atom. The van der Waals surface area contributed by atoms with Crippen molar-refractivity contribution in [2.75, 3.05) is 13.2 Å². The van der Waals surface area contributed by atoms with Gasteiger partial charge in [0.2, 0.25) is 0 Å². The summed E-state index contributed by atoms with van der Waals surface area (Å²) in [5.41, 5.74) is 0. The number of nitrogens with zero attached hydrogens (tertiary/aromatic N) is 2. The molecule has 78 valence electrons. The highest BCUT2D eigenvalue weighted by Crippen LogP contribution is 2.25. The average molecular weight is 213 g/mol. The number of hydrogen-bond donors (Lipinski definition) is 1. The quantitative estimate of drug-likeness (QED) is 0.762. The van der Waals surface area contributed by atoms with Gasteiger partial charge in [0.05, 0.1) is 0 Å². The number of nitrogens with one attached hydrogen (secondary N) is 1. The van der Waals surface area contributed by atoms with Crippen molar-refractivity contribution in [1.29, 1.82) is 0 Å². The van der Waals surface area contributed by atoms with E-state index in [4.69, 9.17) is 17.0 Å². The lowest BCUT2D eigenvalue weighted by molar-refractivity contribution is 0.0827. The fourth-order valence-corrected chi connectivity index (χ4v) is 2.17. The molecule has 1 N–H and O–H groups in total. The van der Waals surface area contributed by atoms with Crippen LogP contribution in [0.1, 0.15) is 31.5 Å². The Labute approximate surface area is 88.3 Å². The van der Waals surface area contributed by atoms with Gasteiger partial charge in [0, 0.05) is 25.7 Å². The molecular weight excluding hydrogens is 198 g/mol. The van der Waals surface area contributed by atoms with Gasteiger partial charge in [-0.2, -0.15) is 5.10 Å². The standard InChI is InChI=1S/C9H15N3OS/c1-2-12-8(10-11-9(12)14)7-3-5-13-6-4-7/h7H,2-6H2,1H3,(H,11,14). The molecule has 14 heavy (non-hydrogen) atoms. The van der Waals surface area contributed by atoms with Crippen LogP contribution in [0.5, 0.6) is 0 Å². The van der Waals surface area contributed by atoms with Crippen LogP contribution >= 0.6 is 12.2 Å². The summed E-state index contributed by atoms with van der Waals surface area (Å²) in [5, 5.41) is 7.16. The summed E-state index contributed by atoms with van der Waals surface area (Å²) < 4.78 is 8.13. The lowest BCUT2D eigenvalue weighted by atomic mass is 9.99. The van der Waals surface area contributed by atoms with Crippen molar-refractivity contribution < 1.29 is 4.74 Å². The van der Waals surface area contributed by atoms with Crippen molar-refractivity contribution in [2.45, 2.75) is 32.2 Å². The molecule has 1 aromatic heterocycles. The molecule has 1 aliphatic rings. The summed E-state index contributed by atoms with van der Waals surface area (Å²) in [6.07, 6.45) is 2.11. The Balaban J connectivity index is 2.25. The molecule has 0 spiro atoms. The number of aromatic amines is 1. The van der Waals surface area contributed by atoms with Crippen molar-refractivity contribution in [3.8, 4) is 0 Å². The molecule has 0 aliphatic carbocycles. The molecule has 1 aliphatic heterocycles. The predicted octanol–water partition coefficient (Wildman–Crippen LogP) is 1.85. The fraction of sp³-hybridized carbons (Fsp3) is 0.778.